The highest BCUT2D eigenvalue weighted by molar-refractivity contribution is 7.24. The highest BCUT2D eigenvalue weighted by atomic mass is 31.1. The van der Waals surface area contributed by atoms with Crippen molar-refractivity contribution in [3.63, 3.8) is 0 Å². The summed E-state index contributed by atoms with van der Waals surface area (Å²) in [5.74, 6) is 0.758. The number of hydrogen-bond acceptors (Lipinski definition) is 7. The van der Waals surface area contributed by atoms with Crippen molar-refractivity contribution >= 4 is 27.6 Å². The Morgan fingerprint density at radius 2 is 2.52 bits per heavy atom. The van der Waals surface area contributed by atoms with Crippen molar-refractivity contribution in [2.24, 2.45) is 9.98 Å². The maximum atomic E-state index is 11.0. The molecule has 9 nitrogen and oxygen atoms in total. The van der Waals surface area contributed by atoms with Crippen LogP contribution in [0.15, 0.2) is 22.4 Å². The van der Waals surface area contributed by atoms with Gasteiger partial charge in [-0.2, -0.15) is 0 Å². The van der Waals surface area contributed by atoms with Gasteiger partial charge in [-0.3, -0.25) is 19.6 Å². The summed E-state index contributed by atoms with van der Waals surface area (Å²) in [6.45, 7) is 2.33. The molecule has 1 amide bonds. The molecule has 126 valence electrons. The Bertz CT molecular complexity index is 528. The van der Waals surface area contributed by atoms with E-state index < -0.39 is 15.3 Å². The minimum Gasteiger partial charge on any atom is -0.352 e. The number of amidine groups is 1. The molecule has 3 aliphatic rings. The predicted molar refractivity (Wildman–Crippen MR) is 85.6 cm³/mol. The lowest BCUT2D eigenvalue weighted by molar-refractivity contribution is -0.117. The Kier molecular flexibility index (Phi) is 5.22. The van der Waals surface area contributed by atoms with Crippen LogP contribution in [-0.4, -0.2) is 64.5 Å². The maximum absolute atomic E-state index is 11.0. The molecule has 1 saturated heterocycles. The molecule has 0 aliphatic carbocycles. The van der Waals surface area contributed by atoms with E-state index in [1.54, 1.807) is 18.7 Å². The second-order valence-electron chi connectivity index (χ2n) is 5.44. The van der Waals surface area contributed by atoms with Crippen molar-refractivity contribution in [1.82, 2.24) is 15.1 Å². The number of nitrogens with zero attached hydrogens (tertiary/aromatic N) is 4. The highest BCUT2D eigenvalue weighted by Crippen LogP contribution is 2.26. The molecular formula is C13H20N5O4P. The van der Waals surface area contributed by atoms with Crippen LogP contribution in [0, 0.1) is 0 Å². The Balaban J connectivity index is 1.67. The number of aliphatic imine (C=N–C) groups is 2. The lowest BCUT2D eigenvalue weighted by atomic mass is 10.2. The number of ether oxygens (including phenoxy) is 1. The Hall–Kier alpha value is -1.54. The first-order valence-electron chi connectivity index (χ1n) is 7.44. The highest BCUT2D eigenvalue weighted by Gasteiger charge is 2.36. The van der Waals surface area contributed by atoms with Gasteiger partial charge in [0.2, 0.25) is 12.7 Å². The van der Waals surface area contributed by atoms with Crippen molar-refractivity contribution in [3.05, 3.63) is 12.4 Å². The van der Waals surface area contributed by atoms with Crippen LogP contribution in [0.1, 0.15) is 19.8 Å². The monoisotopic (exact) mass is 341 g/mol. The molecule has 5 atom stereocenters. The fourth-order valence-corrected chi connectivity index (χ4v) is 3.02. The van der Waals surface area contributed by atoms with Crippen LogP contribution in [0.25, 0.3) is 0 Å². The van der Waals surface area contributed by atoms with Crippen LogP contribution < -0.4 is 5.32 Å². The Morgan fingerprint density at radius 1 is 1.65 bits per heavy atom. The summed E-state index contributed by atoms with van der Waals surface area (Å²) in [4.78, 5) is 32.1. The molecule has 3 rings (SSSR count). The number of carbonyl (C=O) groups excluding carboxylic acids is 1. The van der Waals surface area contributed by atoms with E-state index >= 15 is 0 Å². The van der Waals surface area contributed by atoms with E-state index in [2.05, 4.69) is 15.3 Å². The van der Waals surface area contributed by atoms with Crippen LogP contribution in [0.2, 0.25) is 0 Å². The normalized spacial score (nSPS) is 35.1. The third kappa shape index (κ3) is 3.53. The molecule has 0 aromatic heterocycles. The molecule has 3 aliphatic heterocycles. The molecule has 0 spiro atoms. The molecule has 1 fully saturated rings. The average molecular weight is 341 g/mol. The van der Waals surface area contributed by atoms with Gasteiger partial charge >= 0.3 is 0 Å². The minimum atomic E-state index is -0.522. The topological polar surface area (TPSA) is 99.0 Å². The molecule has 23 heavy (non-hydrogen) atoms. The van der Waals surface area contributed by atoms with E-state index in [0.29, 0.717) is 6.61 Å². The van der Waals surface area contributed by atoms with Crippen molar-refractivity contribution in [2.75, 3.05) is 6.61 Å². The van der Waals surface area contributed by atoms with Gasteiger partial charge in [-0.25, -0.2) is 4.99 Å². The zero-order valence-corrected chi connectivity index (χ0v) is 13.7. The molecule has 3 heterocycles. The fourth-order valence-electron chi connectivity index (χ4n) is 2.76. The van der Waals surface area contributed by atoms with Gasteiger partial charge in [0.25, 0.3) is 0 Å². The lowest BCUT2D eigenvalue weighted by Crippen LogP contribution is -2.42. The van der Waals surface area contributed by atoms with E-state index in [1.165, 1.54) is 4.90 Å². The van der Waals surface area contributed by atoms with Crippen molar-refractivity contribution < 1.29 is 18.9 Å². The second kappa shape index (κ2) is 7.35. The first-order valence-corrected chi connectivity index (χ1v) is 8.29. The summed E-state index contributed by atoms with van der Waals surface area (Å²) in [5, 5.41) is 3.01. The van der Waals surface area contributed by atoms with Crippen molar-refractivity contribution in [3.8, 4) is 0 Å². The van der Waals surface area contributed by atoms with Crippen LogP contribution >= 0.6 is 9.03 Å². The van der Waals surface area contributed by atoms with Gasteiger partial charge in [0, 0.05) is 12.4 Å². The van der Waals surface area contributed by atoms with Gasteiger partial charge in [-0.15, -0.1) is 0 Å². The van der Waals surface area contributed by atoms with E-state index in [9.17, 15) is 4.79 Å². The Labute approximate surface area is 136 Å². The zero-order chi connectivity index (χ0) is 16.2. The summed E-state index contributed by atoms with van der Waals surface area (Å²) in [6, 6.07) is -0.0938. The number of rotatable bonds is 6. The lowest BCUT2D eigenvalue weighted by Gasteiger charge is -2.26. The summed E-state index contributed by atoms with van der Waals surface area (Å²) >= 11 is 0. The zero-order valence-electron chi connectivity index (χ0n) is 12.7. The Morgan fingerprint density at radius 3 is 3.30 bits per heavy atom. The summed E-state index contributed by atoms with van der Waals surface area (Å²) in [5.41, 5.74) is 0. The van der Waals surface area contributed by atoms with Crippen LogP contribution in [0.4, 0.5) is 0 Å². The standard InChI is InChI=1S/C13H20N5O4P/c1-9-12(16-13-14-4-5-17(13)8-19)18(7-15-9)11-3-2-10(22-11)6-21-23-20/h4-5,7-11,13-14,20,23H,2-3,6H2,1H3. The summed E-state index contributed by atoms with van der Waals surface area (Å²) < 4.78 is 11.0. The maximum Gasteiger partial charge on any atom is 0.216 e. The third-order valence-corrected chi connectivity index (χ3v) is 4.23. The van der Waals surface area contributed by atoms with Gasteiger partial charge in [-0.05, 0) is 19.8 Å². The molecule has 5 unspecified atom stereocenters. The molecular weight excluding hydrogens is 321 g/mol. The van der Waals surface area contributed by atoms with Crippen molar-refractivity contribution in [1.29, 1.82) is 0 Å². The average Bonchev–Trinajstić information content (AvgIpc) is 3.27. The molecule has 10 heteroatoms. The summed E-state index contributed by atoms with van der Waals surface area (Å²) in [7, 11) is -0.522. The van der Waals surface area contributed by atoms with Gasteiger partial charge < -0.3 is 19.5 Å². The van der Waals surface area contributed by atoms with Crippen LogP contribution in [-0.2, 0) is 14.1 Å². The quantitative estimate of drug-likeness (QED) is 0.519. The first-order chi connectivity index (χ1) is 11.2. The van der Waals surface area contributed by atoms with E-state index in [0.717, 1.165) is 25.1 Å². The molecule has 0 aromatic rings. The molecule has 2 N–H and O–H groups in total. The first kappa shape index (κ1) is 16.3. The van der Waals surface area contributed by atoms with Gasteiger partial charge in [0.1, 0.15) is 18.1 Å². The van der Waals surface area contributed by atoms with Gasteiger partial charge in [-0.1, -0.05) is 0 Å². The number of nitrogens with one attached hydrogen (secondary N) is 1. The number of hydrogen-bond donors (Lipinski definition) is 2. The van der Waals surface area contributed by atoms with Crippen molar-refractivity contribution in [2.45, 2.75) is 44.4 Å². The predicted octanol–water partition coefficient (Wildman–Crippen LogP) is -0.0438. The van der Waals surface area contributed by atoms with E-state index in [-0.39, 0.29) is 18.4 Å². The molecule has 0 radical (unpaired) electrons. The fraction of sp³-hybridized carbons (Fsp3) is 0.615. The largest absolute Gasteiger partial charge is 0.352 e. The molecule has 0 saturated carbocycles. The van der Waals surface area contributed by atoms with E-state index in [1.807, 2.05) is 11.8 Å². The SMILES string of the molecule is CC1N=CN(C2CCC(COPO)O2)C1=NC1NC=CN1C=O. The van der Waals surface area contributed by atoms with Gasteiger partial charge in [0.05, 0.1) is 19.0 Å². The summed E-state index contributed by atoms with van der Waals surface area (Å²) in [6.07, 6.45) is 6.82. The number of amides is 1. The molecule has 0 aromatic carbocycles. The smallest absolute Gasteiger partial charge is 0.216 e. The van der Waals surface area contributed by atoms with E-state index in [4.69, 9.17) is 14.2 Å². The molecule has 0 bridgehead atoms. The third-order valence-electron chi connectivity index (χ3n) is 3.93. The minimum absolute atomic E-state index is 0.0389. The van der Waals surface area contributed by atoms with Crippen LogP contribution in [0.5, 0.6) is 0 Å². The number of carbonyl (C=O) groups is 1. The second-order valence-corrected chi connectivity index (χ2v) is 5.91. The van der Waals surface area contributed by atoms with Crippen LogP contribution in [0.3, 0.4) is 0 Å². The van der Waals surface area contributed by atoms with Gasteiger partial charge in [0.15, 0.2) is 9.03 Å².